The fraction of sp³-hybridized carbons (Fsp3) is 0.267. The Morgan fingerprint density at radius 1 is 1.14 bits per heavy atom. The molecule has 0 fully saturated rings. The molecule has 6 heteroatoms. The largest absolute Gasteiger partial charge is 0.380 e. The highest BCUT2D eigenvalue weighted by Crippen LogP contribution is 2.14. The zero-order valence-electron chi connectivity index (χ0n) is 12.0. The Balaban J connectivity index is 2.07. The molecule has 1 aromatic heterocycles. The van der Waals surface area contributed by atoms with Crippen LogP contribution in [0.1, 0.15) is 11.1 Å². The maximum atomic E-state index is 11.3. The van der Waals surface area contributed by atoms with E-state index in [-0.39, 0.29) is 5.03 Å². The molecule has 0 saturated carbocycles. The zero-order valence-corrected chi connectivity index (χ0v) is 12.9. The molecule has 0 aliphatic rings. The molecule has 0 spiro atoms. The van der Waals surface area contributed by atoms with E-state index >= 15 is 0 Å². The normalized spacial score (nSPS) is 11.3. The summed E-state index contributed by atoms with van der Waals surface area (Å²) in [6.07, 6.45) is 2.67. The number of benzene rings is 1. The lowest BCUT2D eigenvalue weighted by atomic mass is 10.1. The quantitative estimate of drug-likeness (QED) is 0.886. The average molecular weight is 306 g/mol. The van der Waals surface area contributed by atoms with Gasteiger partial charge in [-0.1, -0.05) is 24.3 Å². The van der Waals surface area contributed by atoms with Crippen LogP contribution in [0.15, 0.2) is 47.6 Å². The molecule has 2 rings (SSSR count). The molecule has 0 radical (unpaired) electrons. The first-order valence-electron chi connectivity index (χ1n) is 6.46. The van der Waals surface area contributed by atoms with Crippen molar-refractivity contribution in [2.24, 2.45) is 0 Å². The van der Waals surface area contributed by atoms with Crippen LogP contribution in [0.4, 0.5) is 5.69 Å². The highest BCUT2D eigenvalue weighted by Gasteiger charge is 2.08. The molecule has 0 unspecified atom stereocenters. The number of nitrogens with zero attached hydrogens (tertiary/aromatic N) is 1. The van der Waals surface area contributed by atoms with Crippen molar-refractivity contribution in [3.8, 4) is 0 Å². The summed E-state index contributed by atoms with van der Waals surface area (Å²) in [5.74, 6) is 0. The predicted molar refractivity (Wildman–Crippen MR) is 81.8 cm³/mol. The van der Waals surface area contributed by atoms with Crippen LogP contribution < -0.4 is 5.32 Å². The van der Waals surface area contributed by atoms with Gasteiger partial charge < -0.3 is 10.1 Å². The number of nitrogens with one attached hydrogen (secondary N) is 1. The fourth-order valence-corrected chi connectivity index (χ4v) is 2.49. The van der Waals surface area contributed by atoms with Crippen molar-refractivity contribution in [2.75, 3.05) is 18.7 Å². The minimum absolute atomic E-state index is 0.0767. The van der Waals surface area contributed by atoms with E-state index in [1.54, 1.807) is 13.2 Å². The first-order valence-corrected chi connectivity index (χ1v) is 8.35. The van der Waals surface area contributed by atoms with Crippen molar-refractivity contribution in [3.63, 3.8) is 0 Å². The van der Waals surface area contributed by atoms with Gasteiger partial charge in [0, 0.05) is 19.9 Å². The molecule has 1 heterocycles. The van der Waals surface area contributed by atoms with Gasteiger partial charge in [0.15, 0.2) is 14.9 Å². The number of methoxy groups -OCH3 is 1. The first-order chi connectivity index (χ1) is 10.0. The van der Waals surface area contributed by atoms with Crippen molar-refractivity contribution in [2.45, 2.75) is 18.2 Å². The number of ether oxygens (including phenoxy) is 1. The average Bonchev–Trinajstić information content (AvgIpc) is 2.46. The molecular formula is C15H18N2O3S. The molecule has 1 aromatic carbocycles. The van der Waals surface area contributed by atoms with E-state index < -0.39 is 9.84 Å². The Morgan fingerprint density at radius 2 is 1.86 bits per heavy atom. The second kappa shape index (κ2) is 6.69. The van der Waals surface area contributed by atoms with E-state index in [2.05, 4.69) is 10.3 Å². The summed E-state index contributed by atoms with van der Waals surface area (Å²) in [7, 11) is -1.59. The number of aromatic nitrogens is 1. The Bertz CT molecular complexity index is 697. The Morgan fingerprint density at radius 3 is 2.43 bits per heavy atom. The van der Waals surface area contributed by atoms with Gasteiger partial charge >= 0.3 is 0 Å². The van der Waals surface area contributed by atoms with Gasteiger partial charge in [-0.15, -0.1) is 0 Å². The van der Waals surface area contributed by atoms with Crippen LogP contribution in [0.5, 0.6) is 0 Å². The van der Waals surface area contributed by atoms with Crippen LogP contribution in [0.3, 0.4) is 0 Å². The monoisotopic (exact) mass is 306 g/mol. The molecule has 1 N–H and O–H groups in total. The number of hydrogen-bond donors (Lipinski definition) is 1. The molecule has 21 heavy (non-hydrogen) atoms. The third-order valence-corrected chi connectivity index (χ3v) is 4.02. The lowest BCUT2D eigenvalue weighted by molar-refractivity contribution is 0.184. The van der Waals surface area contributed by atoms with Crippen molar-refractivity contribution in [3.05, 3.63) is 53.7 Å². The van der Waals surface area contributed by atoms with E-state index in [4.69, 9.17) is 4.74 Å². The predicted octanol–water partition coefficient (Wildman–Crippen LogP) is 2.24. The maximum Gasteiger partial charge on any atom is 0.192 e. The summed E-state index contributed by atoms with van der Waals surface area (Å²) in [6, 6.07) is 11.2. The van der Waals surface area contributed by atoms with E-state index in [0.29, 0.717) is 13.2 Å². The van der Waals surface area contributed by atoms with Gasteiger partial charge in [0.2, 0.25) is 0 Å². The van der Waals surface area contributed by atoms with Crippen molar-refractivity contribution in [1.29, 1.82) is 0 Å². The van der Waals surface area contributed by atoms with Crippen molar-refractivity contribution in [1.82, 2.24) is 4.98 Å². The summed E-state index contributed by atoms with van der Waals surface area (Å²) >= 11 is 0. The van der Waals surface area contributed by atoms with Crippen LogP contribution in [-0.4, -0.2) is 26.8 Å². The van der Waals surface area contributed by atoms with Gasteiger partial charge in [-0.3, -0.25) is 0 Å². The minimum Gasteiger partial charge on any atom is -0.380 e. The van der Waals surface area contributed by atoms with Crippen LogP contribution in [-0.2, 0) is 27.7 Å². The van der Waals surface area contributed by atoms with Gasteiger partial charge in [0.05, 0.1) is 18.5 Å². The van der Waals surface area contributed by atoms with Crippen LogP contribution >= 0.6 is 0 Å². The third-order valence-electron chi connectivity index (χ3n) is 3.02. The third kappa shape index (κ3) is 4.27. The lowest BCUT2D eigenvalue weighted by Gasteiger charge is -2.11. The molecule has 0 amide bonds. The topological polar surface area (TPSA) is 68.3 Å². The number of rotatable bonds is 6. The molecule has 2 aromatic rings. The summed E-state index contributed by atoms with van der Waals surface area (Å²) in [4.78, 5) is 3.95. The summed E-state index contributed by atoms with van der Waals surface area (Å²) in [6.45, 7) is 1.18. The highest BCUT2D eigenvalue weighted by molar-refractivity contribution is 7.90. The number of hydrogen-bond acceptors (Lipinski definition) is 5. The molecule has 0 aliphatic carbocycles. The Hall–Kier alpha value is -1.92. The lowest BCUT2D eigenvalue weighted by Crippen LogP contribution is -2.05. The van der Waals surface area contributed by atoms with E-state index in [0.717, 1.165) is 23.1 Å². The summed E-state index contributed by atoms with van der Waals surface area (Å²) in [5.41, 5.74) is 3.02. The van der Waals surface area contributed by atoms with Crippen molar-refractivity contribution >= 4 is 15.5 Å². The van der Waals surface area contributed by atoms with Crippen LogP contribution in [0.2, 0.25) is 0 Å². The van der Waals surface area contributed by atoms with Gasteiger partial charge in [0.1, 0.15) is 0 Å². The molecular weight excluding hydrogens is 288 g/mol. The maximum absolute atomic E-state index is 11.3. The van der Waals surface area contributed by atoms with Crippen LogP contribution in [0.25, 0.3) is 0 Å². The Labute approximate surface area is 124 Å². The van der Waals surface area contributed by atoms with E-state index in [9.17, 15) is 8.42 Å². The molecule has 0 saturated heterocycles. The zero-order chi connectivity index (χ0) is 15.3. The van der Waals surface area contributed by atoms with Gasteiger partial charge in [-0.25, -0.2) is 13.4 Å². The van der Waals surface area contributed by atoms with E-state index in [1.807, 2.05) is 24.3 Å². The minimum atomic E-state index is -3.26. The van der Waals surface area contributed by atoms with Gasteiger partial charge in [-0.2, -0.15) is 0 Å². The standard InChI is InChI=1S/C15H18N2O3S/c1-20-11-13-6-4-3-5-12(13)9-16-14-7-8-15(17-10-14)21(2,18)19/h3-8,10,16H,9,11H2,1-2H3. The molecule has 112 valence electrons. The smallest absolute Gasteiger partial charge is 0.192 e. The van der Waals surface area contributed by atoms with Crippen molar-refractivity contribution < 1.29 is 13.2 Å². The Kier molecular flexibility index (Phi) is 4.93. The SMILES string of the molecule is COCc1ccccc1CNc1ccc(S(C)(=O)=O)nc1. The number of anilines is 1. The van der Waals surface area contributed by atoms with E-state index in [1.165, 1.54) is 12.3 Å². The second-order valence-electron chi connectivity index (χ2n) is 4.71. The molecule has 0 atom stereocenters. The molecule has 5 nitrogen and oxygen atoms in total. The van der Waals surface area contributed by atoms with Gasteiger partial charge in [0.25, 0.3) is 0 Å². The summed E-state index contributed by atoms with van der Waals surface area (Å²) < 4.78 is 27.9. The first kappa shape index (κ1) is 15.5. The summed E-state index contributed by atoms with van der Waals surface area (Å²) in [5, 5.41) is 3.30. The fourth-order valence-electron chi connectivity index (χ4n) is 1.93. The van der Waals surface area contributed by atoms with Gasteiger partial charge in [-0.05, 0) is 23.3 Å². The number of pyridine rings is 1. The molecule has 0 aliphatic heterocycles. The molecule has 0 bridgehead atoms. The highest BCUT2D eigenvalue weighted by atomic mass is 32.2. The second-order valence-corrected chi connectivity index (χ2v) is 6.68. The van der Waals surface area contributed by atoms with Crippen LogP contribution in [0, 0.1) is 0 Å². The number of sulfone groups is 1.